The molecule has 0 radical (unpaired) electrons. The molecule has 0 saturated carbocycles. The van der Waals surface area contributed by atoms with Gasteiger partial charge in [0.1, 0.15) is 16.0 Å². The van der Waals surface area contributed by atoms with Crippen molar-refractivity contribution in [3.63, 3.8) is 0 Å². The van der Waals surface area contributed by atoms with Gasteiger partial charge in [0.25, 0.3) is 0 Å². The summed E-state index contributed by atoms with van der Waals surface area (Å²) in [5.74, 6) is -0.605. The van der Waals surface area contributed by atoms with Crippen LogP contribution in [0.1, 0.15) is 24.2 Å². The van der Waals surface area contributed by atoms with E-state index in [1.807, 2.05) is 0 Å². The molecule has 15 heavy (non-hydrogen) atoms. The van der Waals surface area contributed by atoms with Crippen molar-refractivity contribution in [2.75, 3.05) is 11.9 Å². The summed E-state index contributed by atoms with van der Waals surface area (Å²) < 4.78 is 5.12. The molecule has 0 spiro atoms. The number of esters is 1. The van der Waals surface area contributed by atoms with Crippen molar-refractivity contribution >= 4 is 33.6 Å². The normalized spacial score (nSPS) is 9.80. The molecule has 2 N–H and O–H groups in total. The maximum absolute atomic E-state index is 11.5. The zero-order valence-electron chi connectivity index (χ0n) is 8.26. The van der Waals surface area contributed by atoms with E-state index in [1.165, 1.54) is 6.92 Å². The number of nitrogens with zero attached hydrogens (tertiary/aromatic N) is 1. The number of carbonyl (C=O) groups excluding carboxylic acids is 2. The van der Waals surface area contributed by atoms with Gasteiger partial charge in [-0.2, -0.15) is 5.10 Å². The van der Waals surface area contributed by atoms with Crippen molar-refractivity contribution in [1.82, 2.24) is 10.2 Å². The molecule has 0 bridgehead atoms. The van der Waals surface area contributed by atoms with E-state index in [-0.39, 0.29) is 23.9 Å². The fraction of sp³-hybridized carbons (Fsp3) is 0.375. The van der Waals surface area contributed by atoms with Gasteiger partial charge in [0, 0.05) is 6.92 Å². The van der Waals surface area contributed by atoms with E-state index in [2.05, 4.69) is 31.4 Å². The van der Waals surface area contributed by atoms with Gasteiger partial charge in [0.15, 0.2) is 0 Å². The second-order valence-corrected chi connectivity index (χ2v) is 3.42. The Morgan fingerprint density at radius 2 is 2.27 bits per heavy atom. The third-order valence-electron chi connectivity index (χ3n) is 1.50. The number of rotatable bonds is 3. The first kappa shape index (κ1) is 11.7. The Hall–Kier alpha value is -1.37. The number of aromatic nitrogens is 2. The number of hydrogen-bond donors (Lipinski definition) is 2. The van der Waals surface area contributed by atoms with Crippen LogP contribution in [0.2, 0.25) is 0 Å². The third kappa shape index (κ3) is 2.79. The monoisotopic (exact) mass is 275 g/mol. The smallest absolute Gasteiger partial charge is 0.344 e. The first-order chi connectivity index (χ1) is 7.06. The molecule has 1 aromatic heterocycles. The summed E-state index contributed by atoms with van der Waals surface area (Å²) >= 11 is 3.08. The molecule has 6 nitrogen and oxygen atoms in total. The van der Waals surface area contributed by atoms with Gasteiger partial charge < -0.3 is 10.1 Å². The van der Waals surface area contributed by atoms with Crippen molar-refractivity contribution in [2.24, 2.45) is 0 Å². The second kappa shape index (κ2) is 4.92. The van der Waals surface area contributed by atoms with Crippen LogP contribution in [0.4, 0.5) is 5.82 Å². The van der Waals surface area contributed by atoms with Crippen LogP contribution in [-0.4, -0.2) is 28.7 Å². The first-order valence-electron chi connectivity index (χ1n) is 4.24. The number of carbonyl (C=O) groups is 2. The lowest BCUT2D eigenvalue weighted by atomic mass is 10.3. The molecule has 1 amide bonds. The highest BCUT2D eigenvalue weighted by molar-refractivity contribution is 9.10. The van der Waals surface area contributed by atoms with Gasteiger partial charge in [-0.1, -0.05) is 0 Å². The summed E-state index contributed by atoms with van der Waals surface area (Å²) in [6.07, 6.45) is 0. The van der Waals surface area contributed by atoms with Crippen molar-refractivity contribution < 1.29 is 14.3 Å². The highest BCUT2D eigenvalue weighted by atomic mass is 79.9. The minimum Gasteiger partial charge on any atom is -0.462 e. The van der Waals surface area contributed by atoms with Crippen LogP contribution in [0.3, 0.4) is 0 Å². The zero-order valence-corrected chi connectivity index (χ0v) is 9.84. The number of amides is 1. The van der Waals surface area contributed by atoms with Crippen LogP contribution in [0.25, 0.3) is 0 Å². The van der Waals surface area contributed by atoms with Gasteiger partial charge in [-0.15, -0.1) is 0 Å². The van der Waals surface area contributed by atoms with Crippen LogP contribution in [-0.2, 0) is 9.53 Å². The number of hydrogen-bond acceptors (Lipinski definition) is 4. The maximum atomic E-state index is 11.5. The number of halogens is 1. The van der Waals surface area contributed by atoms with Crippen molar-refractivity contribution in [3.05, 3.63) is 10.2 Å². The summed E-state index contributed by atoms with van der Waals surface area (Å²) in [7, 11) is 0. The standard InChI is InChI=1S/C8H10BrN3O3/c1-3-15-8(14)5-6(9)11-12-7(5)10-4(2)13/h3H2,1-2H3,(H2,10,11,12,13). The molecule has 0 atom stereocenters. The number of aromatic amines is 1. The minimum absolute atomic E-state index is 0.187. The largest absolute Gasteiger partial charge is 0.462 e. The molecular formula is C8H10BrN3O3. The van der Waals surface area contributed by atoms with Gasteiger partial charge >= 0.3 is 5.97 Å². The van der Waals surface area contributed by atoms with Crippen molar-refractivity contribution in [3.8, 4) is 0 Å². The number of nitrogens with one attached hydrogen (secondary N) is 2. The molecule has 0 aromatic carbocycles. The van der Waals surface area contributed by atoms with Crippen molar-refractivity contribution in [1.29, 1.82) is 0 Å². The Morgan fingerprint density at radius 1 is 1.60 bits per heavy atom. The quantitative estimate of drug-likeness (QED) is 0.815. The summed E-state index contributed by atoms with van der Waals surface area (Å²) in [4.78, 5) is 22.3. The average molecular weight is 276 g/mol. The molecular weight excluding hydrogens is 266 g/mol. The van der Waals surface area contributed by atoms with Crippen LogP contribution >= 0.6 is 15.9 Å². The molecule has 1 heterocycles. The van der Waals surface area contributed by atoms with Crippen LogP contribution < -0.4 is 5.32 Å². The van der Waals surface area contributed by atoms with E-state index in [4.69, 9.17) is 4.74 Å². The van der Waals surface area contributed by atoms with E-state index in [0.29, 0.717) is 4.60 Å². The fourth-order valence-electron chi connectivity index (χ4n) is 0.976. The lowest BCUT2D eigenvalue weighted by molar-refractivity contribution is -0.114. The molecule has 7 heteroatoms. The molecule has 0 aliphatic rings. The Kier molecular flexibility index (Phi) is 3.84. The van der Waals surface area contributed by atoms with Gasteiger partial charge in [0.05, 0.1) is 6.61 Å². The summed E-state index contributed by atoms with van der Waals surface area (Å²) in [6, 6.07) is 0. The second-order valence-electron chi connectivity index (χ2n) is 2.67. The van der Waals surface area contributed by atoms with Crippen LogP contribution in [0, 0.1) is 0 Å². The van der Waals surface area contributed by atoms with E-state index >= 15 is 0 Å². The van der Waals surface area contributed by atoms with Crippen LogP contribution in [0.15, 0.2) is 4.60 Å². The average Bonchev–Trinajstić information content (AvgIpc) is 2.46. The first-order valence-corrected chi connectivity index (χ1v) is 5.04. The molecule has 0 aliphatic heterocycles. The number of ether oxygens (including phenoxy) is 1. The van der Waals surface area contributed by atoms with E-state index in [0.717, 1.165) is 0 Å². The maximum Gasteiger partial charge on any atom is 0.344 e. The number of H-pyrrole nitrogens is 1. The lowest BCUT2D eigenvalue weighted by Gasteiger charge is -2.03. The van der Waals surface area contributed by atoms with E-state index in [9.17, 15) is 9.59 Å². The SMILES string of the molecule is CCOC(=O)c1c(Br)n[nH]c1NC(C)=O. The third-order valence-corrected chi connectivity index (χ3v) is 2.08. The predicted octanol–water partition coefficient (Wildman–Crippen LogP) is 1.31. The topological polar surface area (TPSA) is 84.1 Å². The van der Waals surface area contributed by atoms with Gasteiger partial charge in [-0.25, -0.2) is 4.79 Å². The molecule has 0 aliphatic carbocycles. The number of anilines is 1. The molecule has 0 unspecified atom stereocenters. The summed E-state index contributed by atoms with van der Waals surface area (Å²) in [6.45, 7) is 3.30. The molecule has 0 fully saturated rings. The fourth-order valence-corrected chi connectivity index (χ4v) is 1.42. The summed E-state index contributed by atoms with van der Waals surface area (Å²) in [5.41, 5.74) is 0.187. The van der Waals surface area contributed by atoms with E-state index in [1.54, 1.807) is 6.92 Å². The molecule has 1 rings (SSSR count). The molecule has 1 aromatic rings. The van der Waals surface area contributed by atoms with Gasteiger partial charge in [0.2, 0.25) is 5.91 Å². The zero-order chi connectivity index (χ0) is 11.4. The van der Waals surface area contributed by atoms with Gasteiger partial charge in [-0.3, -0.25) is 9.89 Å². The predicted molar refractivity (Wildman–Crippen MR) is 56.5 cm³/mol. The summed E-state index contributed by atoms with van der Waals surface area (Å²) in [5, 5.41) is 8.71. The van der Waals surface area contributed by atoms with Gasteiger partial charge in [-0.05, 0) is 22.9 Å². The Labute approximate surface area is 94.5 Å². The van der Waals surface area contributed by atoms with Crippen LogP contribution in [0.5, 0.6) is 0 Å². The highest BCUT2D eigenvalue weighted by Crippen LogP contribution is 2.22. The van der Waals surface area contributed by atoms with E-state index < -0.39 is 5.97 Å². The Balaban J connectivity index is 2.98. The van der Waals surface area contributed by atoms with Crippen molar-refractivity contribution in [2.45, 2.75) is 13.8 Å². The highest BCUT2D eigenvalue weighted by Gasteiger charge is 2.20. The molecule has 82 valence electrons. The lowest BCUT2D eigenvalue weighted by Crippen LogP contribution is -2.12. The Bertz CT molecular complexity index is 388. The molecule has 0 saturated heterocycles. The minimum atomic E-state index is -0.540. The Morgan fingerprint density at radius 3 is 2.80 bits per heavy atom.